The number of rotatable bonds is 3. The maximum atomic E-state index is 5.48. The highest BCUT2D eigenvalue weighted by molar-refractivity contribution is 5.53. The number of nitrogen functional groups attached to an aromatic ring is 1. The Labute approximate surface area is 77.7 Å². The second kappa shape index (κ2) is 2.51. The van der Waals surface area contributed by atoms with E-state index >= 15 is 0 Å². The van der Waals surface area contributed by atoms with Crippen LogP contribution in [-0.4, -0.2) is 4.98 Å². The number of hydrogen-bond acceptors (Lipinski definition) is 2. The first-order valence-electron chi connectivity index (χ1n) is 5.08. The zero-order valence-corrected chi connectivity index (χ0v) is 7.64. The summed E-state index contributed by atoms with van der Waals surface area (Å²) in [6, 6.07) is 2.19. The van der Waals surface area contributed by atoms with E-state index in [0.717, 1.165) is 17.5 Å². The van der Waals surface area contributed by atoms with Gasteiger partial charge in [-0.05, 0) is 37.7 Å². The lowest BCUT2D eigenvalue weighted by Gasteiger charge is -1.98. The summed E-state index contributed by atoms with van der Waals surface area (Å²) < 4.78 is 0. The Hall–Kier alpha value is -0.960. The van der Waals surface area contributed by atoms with E-state index in [0.29, 0.717) is 0 Å². The second-order valence-corrected chi connectivity index (χ2v) is 4.24. The topological polar surface area (TPSA) is 53.8 Å². The minimum absolute atomic E-state index is 0.749. The maximum absolute atomic E-state index is 5.48. The van der Waals surface area contributed by atoms with Gasteiger partial charge in [0.15, 0.2) is 0 Å². The normalized spacial score (nSPS) is 21.9. The van der Waals surface area contributed by atoms with Crippen molar-refractivity contribution in [1.29, 1.82) is 0 Å². The van der Waals surface area contributed by atoms with Crippen LogP contribution in [0.15, 0.2) is 6.07 Å². The average Bonchev–Trinajstić information content (AvgIpc) is 3.02. The molecular weight excluding hydrogens is 162 g/mol. The van der Waals surface area contributed by atoms with E-state index in [2.05, 4.69) is 16.5 Å². The van der Waals surface area contributed by atoms with Crippen LogP contribution in [0.1, 0.15) is 48.9 Å². The Morgan fingerprint density at radius 1 is 1.23 bits per heavy atom. The number of H-pyrrole nitrogens is 1. The Morgan fingerprint density at radius 2 is 1.92 bits per heavy atom. The van der Waals surface area contributed by atoms with Crippen LogP contribution in [0.5, 0.6) is 0 Å². The molecule has 3 heteroatoms. The molecule has 0 spiro atoms. The SMILES string of the molecule is NNc1cc(C2CC2)[nH]c1C1CC1. The highest BCUT2D eigenvalue weighted by Gasteiger charge is 2.31. The van der Waals surface area contributed by atoms with Crippen molar-refractivity contribution in [2.45, 2.75) is 37.5 Å². The van der Waals surface area contributed by atoms with E-state index in [1.807, 2.05) is 0 Å². The number of aromatic amines is 1. The van der Waals surface area contributed by atoms with Gasteiger partial charge < -0.3 is 10.4 Å². The maximum Gasteiger partial charge on any atom is 0.0698 e. The smallest absolute Gasteiger partial charge is 0.0698 e. The molecule has 0 amide bonds. The molecule has 0 aliphatic heterocycles. The minimum Gasteiger partial charge on any atom is -0.360 e. The summed E-state index contributed by atoms with van der Waals surface area (Å²) >= 11 is 0. The van der Waals surface area contributed by atoms with Crippen LogP contribution in [-0.2, 0) is 0 Å². The van der Waals surface area contributed by atoms with Crippen LogP contribution in [0.25, 0.3) is 0 Å². The Morgan fingerprint density at radius 3 is 2.46 bits per heavy atom. The number of nitrogens with one attached hydrogen (secondary N) is 2. The fraction of sp³-hybridized carbons (Fsp3) is 0.600. The van der Waals surface area contributed by atoms with E-state index in [9.17, 15) is 0 Å². The fourth-order valence-corrected chi connectivity index (χ4v) is 1.92. The molecule has 70 valence electrons. The van der Waals surface area contributed by atoms with Crippen molar-refractivity contribution in [3.05, 3.63) is 17.5 Å². The molecule has 0 radical (unpaired) electrons. The predicted octanol–water partition coefficient (Wildman–Crippen LogP) is 2.06. The van der Waals surface area contributed by atoms with Crippen molar-refractivity contribution in [1.82, 2.24) is 4.98 Å². The van der Waals surface area contributed by atoms with Crippen molar-refractivity contribution in [3.63, 3.8) is 0 Å². The molecule has 2 aliphatic rings. The molecule has 0 unspecified atom stereocenters. The molecule has 0 atom stereocenters. The molecule has 3 nitrogen and oxygen atoms in total. The molecule has 1 aromatic heterocycles. The lowest BCUT2D eigenvalue weighted by atomic mass is 10.2. The molecule has 4 N–H and O–H groups in total. The molecule has 2 aliphatic carbocycles. The molecule has 0 saturated heterocycles. The van der Waals surface area contributed by atoms with E-state index in [1.54, 1.807) is 0 Å². The van der Waals surface area contributed by atoms with E-state index in [4.69, 9.17) is 5.84 Å². The van der Waals surface area contributed by atoms with E-state index < -0.39 is 0 Å². The molecule has 1 heterocycles. The third-order valence-corrected chi connectivity index (χ3v) is 3.03. The quantitative estimate of drug-likeness (QED) is 0.489. The third kappa shape index (κ3) is 1.23. The standard InChI is InChI=1S/C10H15N3/c11-13-9-5-8(6-1-2-6)12-10(9)7-3-4-7/h5-7,12-13H,1-4,11H2. The number of hydrogen-bond donors (Lipinski definition) is 3. The highest BCUT2D eigenvalue weighted by atomic mass is 15.2. The summed E-state index contributed by atoms with van der Waals surface area (Å²) in [7, 11) is 0. The zero-order valence-electron chi connectivity index (χ0n) is 7.64. The summed E-state index contributed by atoms with van der Waals surface area (Å²) in [4.78, 5) is 3.51. The first kappa shape index (κ1) is 7.44. The van der Waals surface area contributed by atoms with Crippen molar-refractivity contribution in [2.24, 2.45) is 5.84 Å². The molecule has 3 rings (SSSR count). The van der Waals surface area contributed by atoms with Gasteiger partial charge in [-0.2, -0.15) is 0 Å². The van der Waals surface area contributed by atoms with E-state index in [1.165, 1.54) is 37.1 Å². The monoisotopic (exact) mass is 177 g/mol. The molecule has 1 aromatic rings. The first-order chi connectivity index (χ1) is 6.38. The molecule has 0 bridgehead atoms. The van der Waals surface area contributed by atoms with Gasteiger partial charge >= 0.3 is 0 Å². The minimum atomic E-state index is 0.749. The summed E-state index contributed by atoms with van der Waals surface area (Å²) in [5.41, 5.74) is 6.63. The van der Waals surface area contributed by atoms with Gasteiger partial charge in [0, 0.05) is 17.3 Å². The Bertz CT molecular complexity index is 321. The van der Waals surface area contributed by atoms with Gasteiger partial charge in [0.1, 0.15) is 0 Å². The fourth-order valence-electron chi connectivity index (χ4n) is 1.92. The van der Waals surface area contributed by atoms with Crippen LogP contribution >= 0.6 is 0 Å². The number of nitrogens with two attached hydrogens (primary N) is 1. The summed E-state index contributed by atoms with van der Waals surface area (Å²) in [6.07, 6.45) is 5.32. The molecule has 2 fully saturated rings. The summed E-state index contributed by atoms with van der Waals surface area (Å²) in [6.45, 7) is 0. The van der Waals surface area contributed by atoms with Gasteiger partial charge in [0.2, 0.25) is 0 Å². The Kier molecular flexibility index (Phi) is 1.44. The van der Waals surface area contributed by atoms with Gasteiger partial charge in [-0.25, -0.2) is 0 Å². The molecule has 0 aromatic carbocycles. The first-order valence-corrected chi connectivity index (χ1v) is 5.08. The summed E-state index contributed by atoms with van der Waals surface area (Å²) in [5, 5.41) is 0. The van der Waals surface area contributed by atoms with Gasteiger partial charge in [0.05, 0.1) is 5.69 Å². The predicted molar refractivity (Wildman–Crippen MR) is 52.6 cm³/mol. The lowest BCUT2D eigenvalue weighted by molar-refractivity contribution is 0.978. The van der Waals surface area contributed by atoms with Crippen LogP contribution in [0.4, 0.5) is 5.69 Å². The van der Waals surface area contributed by atoms with Crippen molar-refractivity contribution >= 4 is 5.69 Å². The molecular formula is C10H15N3. The van der Waals surface area contributed by atoms with Crippen molar-refractivity contribution < 1.29 is 0 Å². The number of hydrazine groups is 1. The largest absolute Gasteiger partial charge is 0.360 e. The number of anilines is 1. The van der Waals surface area contributed by atoms with Gasteiger partial charge in [-0.15, -0.1) is 0 Å². The number of aromatic nitrogens is 1. The van der Waals surface area contributed by atoms with Gasteiger partial charge in [-0.1, -0.05) is 0 Å². The lowest BCUT2D eigenvalue weighted by Crippen LogP contribution is -2.07. The van der Waals surface area contributed by atoms with Gasteiger partial charge in [0.25, 0.3) is 0 Å². The molecule has 13 heavy (non-hydrogen) atoms. The van der Waals surface area contributed by atoms with Crippen molar-refractivity contribution in [3.8, 4) is 0 Å². The van der Waals surface area contributed by atoms with Crippen LogP contribution < -0.4 is 11.3 Å². The van der Waals surface area contributed by atoms with Crippen molar-refractivity contribution in [2.75, 3.05) is 5.43 Å². The average molecular weight is 177 g/mol. The van der Waals surface area contributed by atoms with Crippen LogP contribution in [0.3, 0.4) is 0 Å². The Balaban J connectivity index is 1.95. The highest BCUT2D eigenvalue weighted by Crippen LogP contribution is 2.46. The second-order valence-electron chi connectivity index (χ2n) is 4.24. The van der Waals surface area contributed by atoms with Crippen LogP contribution in [0.2, 0.25) is 0 Å². The van der Waals surface area contributed by atoms with Gasteiger partial charge in [-0.3, -0.25) is 5.84 Å². The zero-order chi connectivity index (χ0) is 8.84. The third-order valence-electron chi connectivity index (χ3n) is 3.03. The van der Waals surface area contributed by atoms with E-state index in [-0.39, 0.29) is 0 Å². The molecule has 2 saturated carbocycles. The van der Waals surface area contributed by atoms with Crippen LogP contribution in [0, 0.1) is 0 Å². The summed E-state index contributed by atoms with van der Waals surface area (Å²) in [5.74, 6) is 7.02.